The summed E-state index contributed by atoms with van der Waals surface area (Å²) in [5.41, 5.74) is 0.865. The maximum Gasteiger partial charge on any atom is 0.235 e. The van der Waals surface area contributed by atoms with Gasteiger partial charge < -0.3 is 10.3 Å². The molecule has 1 atom stereocenters. The lowest BCUT2D eigenvalue weighted by Gasteiger charge is -2.27. The molecule has 2 N–H and O–H groups in total. The zero-order chi connectivity index (χ0) is 18.6. The number of hydrogen-bond donors (Lipinski definition) is 2. The number of nitrogens with zero attached hydrogens (tertiary/aromatic N) is 2. The highest BCUT2D eigenvalue weighted by Gasteiger charge is 2.33. The van der Waals surface area contributed by atoms with Gasteiger partial charge in [0.1, 0.15) is 0 Å². The minimum atomic E-state index is -3.76. The van der Waals surface area contributed by atoms with Crippen molar-refractivity contribution in [3.8, 4) is 0 Å². The third-order valence-corrected chi connectivity index (χ3v) is 6.16. The molecule has 0 bridgehead atoms. The number of aromatic amines is 1. The first-order valence-electron chi connectivity index (χ1n) is 8.28. The van der Waals surface area contributed by atoms with Gasteiger partial charge in [0.2, 0.25) is 21.7 Å². The Bertz CT molecular complexity index is 865. The molecule has 1 aromatic carbocycles. The monoisotopic (exact) mass is 376 g/mol. The second-order valence-corrected chi connectivity index (χ2v) is 8.16. The maximum absolute atomic E-state index is 12.8. The first-order valence-corrected chi connectivity index (χ1v) is 9.88. The number of Topliss-reactive ketones (excluding diaryl/α,β-unsaturated/α-hetero) is 1. The molecule has 1 aliphatic heterocycles. The molecule has 0 unspecified atom stereocenters. The highest BCUT2D eigenvalue weighted by Crippen LogP contribution is 2.18. The van der Waals surface area contributed by atoms with E-state index < -0.39 is 15.9 Å². The number of amides is 1. The Hall–Kier alpha value is -2.52. The Labute approximate surface area is 151 Å². The van der Waals surface area contributed by atoms with E-state index in [4.69, 9.17) is 0 Å². The van der Waals surface area contributed by atoms with E-state index in [9.17, 15) is 18.0 Å². The normalized spacial score (nSPS) is 16.8. The van der Waals surface area contributed by atoms with Crippen molar-refractivity contribution in [2.24, 2.45) is 5.92 Å². The summed E-state index contributed by atoms with van der Waals surface area (Å²) in [6, 6.07) is 9.24. The number of hydrogen-bond acceptors (Lipinski definition) is 5. The van der Waals surface area contributed by atoms with Crippen molar-refractivity contribution in [2.75, 3.05) is 25.4 Å². The minimum absolute atomic E-state index is 0.137. The molecule has 2 heterocycles. The van der Waals surface area contributed by atoms with Gasteiger partial charge in [-0.1, -0.05) is 30.3 Å². The van der Waals surface area contributed by atoms with Crippen LogP contribution in [-0.2, 0) is 21.2 Å². The molecule has 0 spiro atoms. The molecule has 2 aromatic rings. The van der Waals surface area contributed by atoms with Crippen LogP contribution in [0.3, 0.4) is 0 Å². The van der Waals surface area contributed by atoms with Gasteiger partial charge in [-0.2, -0.15) is 4.31 Å². The summed E-state index contributed by atoms with van der Waals surface area (Å²) < 4.78 is 26.7. The van der Waals surface area contributed by atoms with Crippen molar-refractivity contribution < 1.29 is 18.0 Å². The van der Waals surface area contributed by atoms with Crippen LogP contribution in [0.1, 0.15) is 16.2 Å². The predicted octanol–water partition coefficient (Wildman–Crippen LogP) is 0.213. The molecule has 8 nitrogen and oxygen atoms in total. The van der Waals surface area contributed by atoms with E-state index in [1.165, 1.54) is 12.4 Å². The first-order chi connectivity index (χ1) is 12.5. The number of carbonyl (C=O) groups excluding carboxylic acids is 2. The van der Waals surface area contributed by atoms with Crippen molar-refractivity contribution in [1.82, 2.24) is 19.6 Å². The Kier molecular flexibility index (Phi) is 5.48. The quantitative estimate of drug-likeness (QED) is 0.671. The maximum atomic E-state index is 12.8. The van der Waals surface area contributed by atoms with Gasteiger partial charge >= 0.3 is 0 Å². The van der Waals surface area contributed by atoms with Crippen LogP contribution in [0.5, 0.6) is 0 Å². The molecule has 9 heteroatoms. The van der Waals surface area contributed by atoms with Crippen LogP contribution in [0, 0.1) is 5.92 Å². The average molecular weight is 376 g/mol. The largest absolute Gasteiger partial charge is 0.354 e. The van der Waals surface area contributed by atoms with Crippen LogP contribution in [-0.4, -0.2) is 59.8 Å². The van der Waals surface area contributed by atoms with Gasteiger partial charge in [-0.05, 0) is 12.0 Å². The molecular weight excluding hydrogens is 356 g/mol. The number of piperazine rings is 1. The zero-order valence-electron chi connectivity index (χ0n) is 14.1. The summed E-state index contributed by atoms with van der Waals surface area (Å²) in [6.45, 7) is 0.268. The molecule has 0 saturated carbocycles. The molecule has 0 aliphatic carbocycles. The standard InChI is InChI=1S/C17H20N4O4S/c22-15-11-21(9-8-18-15)26(24,25)12-14(10-13-4-2-1-3-5-13)16(23)17-19-6-7-20-17/h1-7,14H,8-12H2,(H,18,22)(H,19,20)/t14-/m0/s1. The Balaban J connectivity index is 1.82. The summed E-state index contributed by atoms with van der Waals surface area (Å²) >= 11 is 0. The fraction of sp³-hybridized carbons (Fsp3) is 0.353. The molecule has 26 heavy (non-hydrogen) atoms. The molecular formula is C17H20N4O4S. The van der Waals surface area contributed by atoms with Crippen molar-refractivity contribution in [3.05, 3.63) is 54.1 Å². The number of benzene rings is 1. The topological polar surface area (TPSA) is 112 Å². The van der Waals surface area contributed by atoms with Crippen molar-refractivity contribution in [1.29, 1.82) is 0 Å². The van der Waals surface area contributed by atoms with Gasteiger partial charge in [-0.15, -0.1) is 0 Å². The van der Waals surface area contributed by atoms with E-state index in [1.54, 1.807) is 0 Å². The second-order valence-electron chi connectivity index (χ2n) is 6.15. The number of H-pyrrole nitrogens is 1. The van der Waals surface area contributed by atoms with Gasteiger partial charge in [0.15, 0.2) is 5.82 Å². The highest BCUT2D eigenvalue weighted by molar-refractivity contribution is 7.89. The molecule has 1 fully saturated rings. The molecule has 1 amide bonds. The molecule has 1 aromatic heterocycles. The molecule has 0 radical (unpaired) electrons. The predicted molar refractivity (Wildman–Crippen MR) is 94.9 cm³/mol. The number of imidazole rings is 1. The Morgan fingerprint density at radius 2 is 2.04 bits per heavy atom. The van der Waals surface area contributed by atoms with Gasteiger partial charge in [0, 0.05) is 31.4 Å². The first kappa shape index (κ1) is 18.3. The minimum Gasteiger partial charge on any atom is -0.354 e. The number of aromatic nitrogens is 2. The van der Waals surface area contributed by atoms with Crippen LogP contribution in [0.25, 0.3) is 0 Å². The van der Waals surface area contributed by atoms with Crippen molar-refractivity contribution in [3.63, 3.8) is 0 Å². The lowest BCUT2D eigenvalue weighted by Crippen LogP contribution is -2.51. The van der Waals surface area contributed by atoms with Crippen molar-refractivity contribution in [2.45, 2.75) is 6.42 Å². The number of carbonyl (C=O) groups is 2. The van der Waals surface area contributed by atoms with Gasteiger partial charge in [-0.3, -0.25) is 9.59 Å². The number of ketones is 1. The van der Waals surface area contributed by atoms with E-state index in [0.717, 1.165) is 9.87 Å². The molecule has 3 rings (SSSR count). The number of rotatable bonds is 7. The zero-order valence-corrected chi connectivity index (χ0v) is 14.9. The SMILES string of the molecule is O=C1CN(S(=O)(=O)C[C@H](Cc2ccccc2)C(=O)c2ncc[nH]2)CCN1. The second kappa shape index (κ2) is 7.79. The van der Waals surface area contributed by atoms with Crippen LogP contribution < -0.4 is 5.32 Å². The summed E-state index contributed by atoms with van der Waals surface area (Å²) in [5.74, 6) is -1.72. The van der Waals surface area contributed by atoms with E-state index in [2.05, 4.69) is 15.3 Å². The summed E-state index contributed by atoms with van der Waals surface area (Å²) in [7, 11) is -3.76. The fourth-order valence-electron chi connectivity index (χ4n) is 2.93. The van der Waals surface area contributed by atoms with Gasteiger partial charge in [0.05, 0.1) is 12.3 Å². The van der Waals surface area contributed by atoms with Crippen LogP contribution in [0.15, 0.2) is 42.7 Å². The molecule has 1 aliphatic rings. The van der Waals surface area contributed by atoms with Gasteiger partial charge in [-0.25, -0.2) is 13.4 Å². The smallest absolute Gasteiger partial charge is 0.235 e. The number of sulfonamides is 1. The molecule has 1 saturated heterocycles. The molecule has 138 valence electrons. The summed E-state index contributed by atoms with van der Waals surface area (Å²) in [4.78, 5) is 31.0. The average Bonchev–Trinajstić information content (AvgIpc) is 3.16. The van der Waals surface area contributed by atoms with Crippen LogP contribution in [0.2, 0.25) is 0 Å². The third-order valence-electron chi connectivity index (χ3n) is 4.24. The Morgan fingerprint density at radius 1 is 1.27 bits per heavy atom. The third kappa shape index (κ3) is 4.36. The lowest BCUT2D eigenvalue weighted by atomic mass is 9.96. The van der Waals surface area contributed by atoms with E-state index in [0.29, 0.717) is 0 Å². The van der Waals surface area contributed by atoms with Crippen LogP contribution in [0.4, 0.5) is 0 Å². The summed E-state index contributed by atoms with van der Waals surface area (Å²) in [5, 5.41) is 2.60. The van der Waals surface area contributed by atoms with Gasteiger partial charge in [0.25, 0.3) is 0 Å². The van der Waals surface area contributed by atoms with Crippen LogP contribution >= 0.6 is 0 Å². The number of nitrogens with one attached hydrogen (secondary N) is 2. The summed E-state index contributed by atoms with van der Waals surface area (Å²) in [6.07, 6.45) is 3.26. The van der Waals surface area contributed by atoms with Crippen molar-refractivity contribution >= 4 is 21.7 Å². The van der Waals surface area contributed by atoms with E-state index >= 15 is 0 Å². The van der Waals surface area contributed by atoms with E-state index in [1.807, 2.05) is 30.3 Å². The lowest BCUT2D eigenvalue weighted by molar-refractivity contribution is -0.122. The Morgan fingerprint density at radius 3 is 2.69 bits per heavy atom. The fourth-order valence-corrected chi connectivity index (χ4v) is 4.60. The highest BCUT2D eigenvalue weighted by atomic mass is 32.2. The van der Waals surface area contributed by atoms with E-state index in [-0.39, 0.29) is 49.3 Å².